The molecule has 2 aromatic carbocycles. The van der Waals surface area contributed by atoms with E-state index in [1.165, 1.54) is 5.56 Å². The molecule has 0 fully saturated rings. The van der Waals surface area contributed by atoms with Crippen LogP contribution in [-0.2, 0) is 6.54 Å². The van der Waals surface area contributed by atoms with Gasteiger partial charge in [-0.1, -0.05) is 28.1 Å². The van der Waals surface area contributed by atoms with Crippen LogP contribution in [0.3, 0.4) is 0 Å². The molecule has 4 heteroatoms. The Bertz CT molecular complexity index is 599. The molecule has 0 aliphatic heterocycles. The van der Waals surface area contributed by atoms with E-state index in [4.69, 9.17) is 9.47 Å². The van der Waals surface area contributed by atoms with Crippen molar-refractivity contribution in [2.75, 3.05) is 19.5 Å². The van der Waals surface area contributed by atoms with E-state index in [2.05, 4.69) is 46.4 Å². The van der Waals surface area contributed by atoms with E-state index < -0.39 is 0 Å². The number of benzene rings is 2. The summed E-state index contributed by atoms with van der Waals surface area (Å²) in [6.07, 6.45) is 0. The summed E-state index contributed by atoms with van der Waals surface area (Å²) >= 11 is 3.54. The Kier molecular flexibility index (Phi) is 4.90. The first-order chi connectivity index (χ1) is 9.63. The number of aryl methyl sites for hydroxylation is 1. The molecule has 0 bridgehead atoms. The molecule has 106 valence electrons. The molecule has 0 aliphatic carbocycles. The molecular weight excluding hydrogens is 318 g/mol. The van der Waals surface area contributed by atoms with Crippen LogP contribution in [0.15, 0.2) is 40.9 Å². The van der Waals surface area contributed by atoms with Crippen molar-refractivity contribution in [3.63, 3.8) is 0 Å². The highest BCUT2D eigenvalue weighted by Gasteiger charge is 2.04. The predicted octanol–water partition coefficient (Wildman–Crippen LogP) is 4.39. The number of methoxy groups -OCH3 is 2. The molecule has 20 heavy (non-hydrogen) atoms. The normalized spacial score (nSPS) is 10.2. The second-order valence-corrected chi connectivity index (χ2v) is 5.36. The van der Waals surface area contributed by atoms with E-state index in [0.29, 0.717) is 0 Å². The topological polar surface area (TPSA) is 30.5 Å². The average molecular weight is 336 g/mol. The van der Waals surface area contributed by atoms with E-state index in [1.807, 2.05) is 18.2 Å². The standard InChI is InChI=1S/C16H18BrNO2/c1-11-4-6-13(9-14(11)17)18-10-12-5-7-15(19-2)16(8-12)20-3/h4-9,18H,10H2,1-3H3. The lowest BCUT2D eigenvalue weighted by atomic mass is 10.2. The summed E-state index contributed by atoms with van der Waals surface area (Å²) in [7, 11) is 3.28. The highest BCUT2D eigenvalue weighted by Crippen LogP contribution is 2.28. The first kappa shape index (κ1) is 14.7. The van der Waals surface area contributed by atoms with Crippen LogP contribution >= 0.6 is 15.9 Å². The van der Waals surface area contributed by atoms with Crippen LogP contribution in [0.4, 0.5) is 5.69 Å². The summed E-state index contributed by atoms with van der Waals surface area (Å²) in [6.45, 7) is 2.80. The van der Waals surface area contributed by atoms with Gasteiger partial charge in [0.1, 0.15) is 0 Å². The van der Waals surface area contributed by atoms with Gasteiger partial charge in [-0.05, 0) is 42.3 Å². The van der Waals surface area contributed by atoms with Gasteiger partial charge in [-0.3, -0.25) is 0 Å². The first-order valence-electron chi connectivity index (χ1n) is 6.35. The molecule has 0 heterocycles. The Labute approximate surface area is 128 Å². The van der Waals surface area contributed by atoms with Gasteiger partial charge in [-0.15, -0.1) is 0 Å². The summed E-state index contributed by atoms with van der Waals surface area (Å²) in [5.74, 6) is 1.49. The summed E-state index contributed by atoms with van der Waals surface area (Å²) in [5.41, 5.74) is 3.44. The number of nitrogens with one attached hydrogen (secondary N) is 1. The average Bonchev–Trinajstić information content (AvgIpc) is 2.48. The van der Waals surface area contributed by atoms with Crippen LogP contribution < -0.4 is 14.8 Å². The van der Waals surface area contributed by atoms with E-state index >= 15 is 0 Å². The summed E-state index contributed by atoms with van der Waals surface area (Å²) < 4.78 is 11.6. The lowest BCUT2D eigenvalue weighted by molar-refractivity contribution is 0.354. The molecule has 0 aliphatic rings. The van der Waals surface area contributed by atoms with Gasteiger partial charge in [-0.25, -0.2) is 0 Å². The third kappa shape index (κ3) is 3.45. The van der Waals surface area contributed by atoms with Crippen molar-refractivity contribution >= 4 is 21.6 Å². The molecule has 0 atom stereocenters. The van der Waals surface area contributed by atoms with E-state index in [-0.39, 0.29) is 0 Å². The van der Waals surface area contributed by atoms with Gasteiger partial charge in [0.05, 0.1) is 14.2 Å². The molecular formula is C16H18BrNO2. The minimum absolute atomic E-state index is 0.732. The second kappa shape index (κ2) is 6.66. The van der Waals surface area contributed by atoms with Gasteiger partial charge in [0.15, 0.2) is 11.5 Å². The molecule has 0 radical (unpaired) electrons. The highest BCUT2D eigenvalue weighted by atomic mass is 79.9. The Morgan fingerprint density at radius 2 is 1.75 bits per heavy atom. The summed E-state index contributed by atoms with van der Waals surface area (Å²) in [5, 5.41) is 3.39. The fraction of sp³-hybridized carbons (Fsp3) is 0.250. The maximum Gasteiger partial charge on any atom is 0.161 e. The Hall–Kier alpha value is -1.68. The Balaban J connectivity index is 2.08. The van der Waals surface area contributed by atoms with Crippen LogP contribution in [-0.4, -0.2) is 14.2 Å². The lowest BCUT2D eigenvalue weighted by Gasteiger charge is -2.11. The van der Waals surface area contributed by atoms with Crippen molar-refractivity contribution in [1.29, 1.82) is 0 Å². The smallest absolute Gasteiger partial charge is 0.161 e. The zero-order valence-corrected chi connectivity index (χ0v) is 13.5. The minimum Gasteiger partial charge on any atom is -0.493 e. The predicted molar refractivity (Wildman–Crippen MR) is 85.8 cm³/mol. The number of ether oxygens (including phenoxy) is 2. The lowest BCUT2D eigenvalue weighted by Crippen LogP contribution is -2.00. The number of halogens is 1. The molecule has 0 amide bonds. The van der Waals surface area contributed by atoms with Gasteiger partial charge < -0.3 is 14.8 Å². The van der Waals surface area contributed by atoms with Crippen LogP contribution in [0.25, 0.3) is 0 Å². The maximum atomic E-state index is 5.30. The molecule has 0 saturated heterocycles. The number of hydrogen-bond acceptors (Lipinski definition) is 3. The number of anilines is 1. The fourth-order valence-electron chi connectivity index (χ4n) is 1.90. The summed E-state index contributed by atoms with van der Waals surface area (Å²) in [6, 6.07) is 12.2. The molecule has 0 saturated carbocycles. The van der Waals surface area contributed by atoms with Crippen LogP contribution in [0, 0.1) is 6.92 Å². The number of hydrogen-bond donors (Lipinski definition) is 1. The first-order valence-corrected chi connectivity index (χ1v) is 7.14. The molecule has 2 rings (SSSR count). The van der Waals surface area contributed by atoms with Gasteiger partial charge in [-0.2, -0.15) is 0 Å². The molecule has 0 aromatic heterocycles. The monoisotopic (exact) mass is 335 g/mol. The van der Waals surface area contributed by atoms with Crippen LogP contribution in [0.1, 0.15) is 11.1 Å². The van der Waals surface area contributed by atoms with Crippen molar-refractivity contribution in [2.24, 2.45) is 0 Å². The largest absolute Gasteiger partial charge is 0.493 e. The fourth-order valence-corrected chi connectivity index (χ4v) is 2.28. The Morgan fingerprint density at radius 1 is 1.00 bits per heavy atom. The molecule has 0 unspecified atom stereocenters. The van der Waals surface area contributed by atoms with Crippen LogP contribution in [0.5, 0.6) is 11.5 Å². The van der Waals surface area contributed by atoms with Gasteiger partial charge >= 0.3 is 0 Å². The van der Waals surface area contributed by atoms with Crippen molar-refractivity contribution in [2.45, 2.75) is 13.5 Å². The minimum atomic E-state index is 0.732. The van der Waals surface area contributed by atoms with Gasteiger partial charge in [0.2, 0.25) is 0 Å². The van der Waals surface area contributed by atoms with E-state index in [1.54, 1.807) is 14.2 Å². The van der Waals surface area contributed by atoms with Crippen molar-refractivity contribution < 1.29 is 9.47 Å². The van der Waals surface area contributed by atoms with Crippen LogP contribution in [0.2, 0.25) is 0 Å². The molecule has 3 nitrogen and oxygen atoms in total. The molecule has 2 aromatic rings. The second-order valence-electron chi connectivity index (χ2n) is 4.51. The molecule has 1 N–H and O–H groups in total. The van der Waals surface area contributed by atoms with E-state index in [0.717, 1.165) is 33.8 Å². The zero-order valence-electron chi connectivity index (χ0n) is 11.9. The van der Waals surface area contributed by atoms with Crippen molar-refractivity contribution in [1.82, 2.24) is 0 Å². The summed E-state index contributed by atoms with van der Waals surface area (Å²) in [4.78, 5) is 0. The molecule has 0 spiro atoms. The van der Waals surface area contributed by atoms with Crippen molar-refractivity contribution in [3.8, 4) is 11.5 Å². The SMILES string of the molecule is COc1ccc(CNc2ccc(C)c(Br)c2)cc1OC. The maximum absolute atomic E-state index is 5.30. The Morgan fingerprint density at radius 3 is 2.40 bits per heavy atom. The van der Waals surface area contributed by atoms with E-state index in [9.17, 15) is 0 Å². The third-order valence-corrected chi connectivity index (χ3v) is 3.97. The highest BCUT2D eigenvalue weighted by molar-refractivity contribution is 9.10. The quantitative estimate of drug-likeness (QED) is 0.879. The van der Waals surface area contributed by atoms with Gasteiger partial charge in [0, 0.05) is 16.7 Å². The van der Waals surface area contributed by atoms with Crippen molar-refractivity contribution in [3.05, 3.63) is 52.0 Å². The third-order valence-electron chi connectivity index (χ3n) is 3.12. The number of rotatable bonds is 5. The van der Waals surface area contributed by atoms with Gasteiger partial charge in [0.25, 0.3) is 0 Å². The zero-order chi connectivity index (χ0) is 14.5.